The Bertz CT molecular complexity index is 635. The molecule has 1 unspecified atom stereocenters. The fraction of sp³-hybridized carbons (Fsp3) is 0.250. The zero-order chi connectivity index (χ0) is 15.5. The van der Waals surface area contributed by atoms with E-state index in [0.29, 0.717) is 11.3 Å². The summed E-state index contributed by atoms with van der Waals surface area (Å²) in [5.74, 6) is -0.0310. The summed E-state index contributed by atoms with van der Waals surface area (Å²) in [7, 11) is 1.48. The highest BCUT2D eigenvalue weighted by atomic mass is 79.9. The molecule has 0 amide bonds. The minimum absolute atomic E-state index is 0.286. The van der Waals surface area contributed by atoms with Gasteiger partial charge < -0.3 is 15.2 Å². The van der Waals surface area contributed by atoms with Crippen LogP contribution in [0.2, 0.25) is 0 Å². The van der Waals surface area contributed by atoms with E-state index < -0.39 is 11.4 Å². The van der Waals surface area contributed by atoms with E-state index in [9.17, 15) is 9.50 Å². The maximum Gasteiger partial charge on any atom is 0.132 e. The number of anilines is 1. The molecule has 2 N–H and O–H groups in total. The number of halogens is 2. The highest BCUT2D eigenvalue weighted by Crippen LogP contribution is 2.36. The molecule has 0 spiro atoms. The lowest BCUT2D eigenvalue weighted by atomic mass is 9.91. The van der Waals surface area contributed by atoms with Crippen LogP contribution in [0.5, 0.6) is 5.75 Å². The number of ether oxygens (including phenoxy) is 1. The Kier molecular flexibility index (Phi) is 4.85. The minimum atomic E-state index is -1.01. The minimum Gasteiger partial charge on any atom is -0.496 e. The summed E-state index contributed by atoms with van der Waals surface area (Å²) in [6.45, 7) is 1.44. The highest BCUT2D eigenvalue weighted by Gasteiger charge is 2.32. The number of nitrogens with one attached hydrogen (secondary N) is 1. The molecule has 2 aromatic rings. The van der Waals surface area contributed by atoms with Crippen molar-refractivity contribution in [3.05, 3.63) is 58.3 Å². The average Bonchev–Trinajstić information content (AvgIpc) is 2.49. The predicted octanol–water partition coefficient (Wildman–Crippen LogP) is 3.92. The van der Waals surface area contributed by atoms with Crippen molar-refractivity contribution in [2.45, 2.75) is 12.5 Å². The van der Waals surface area contributed by atoms with E-state index in [4.69, 9.17) is 4.74 Å². The van der Waals surface area contributed by atoms with E-state index >= 15 is 0 Å². The van der Waals surface area contributed by atoms with Crippen molar-refractivity contribution in [1.82, 2.24) is 0 Å². The fourth-order valence-corrected chi connectivity index (χ4v) is 2.63. The quantitative estimate of drug-likeness (QED) is 0.855. The maximum atomic E-state index is 14.3. The molecule has 0 heterocycles. The highest BCUT2D eigenvalue weighted by molar-refractivity contribution is 9.10. The number of aliphatic hydroxyl groups is 1. The van der Waals surface area contributed by atoms with Gasteiger partial charge in [0.1, 0.15) is 11.6 Å². The molecule has 0 saturated carbocycles. The van der Waals surface area contributed by atoms with Gasteiger partial charge in [0.2, 0.25) is 0 Å². The Morgan fingerprint density at radius 1 is 1.24 bits per heavy atom. The summed E-state index contributed by atoms with van der Waals surface area (Å²) in [6, 6.07) is 12.1. The third kappa shape index (κ3) is 3.19. The first-order valence-electron chi connectivity index (χ1n) is 6.48. The van der Waals surface area contributed by atoms with Gasteiger partial charge in [0.05, 0.1) is 24.8 Å². The number of rotatable bonds is 5. The number of para-hydroxylation sites is 1. The van der Waals surface area contributed by atoms with Gasteiger partial charge in [0.15, 0.2) is 0 Å². The number of benzene rings is 2. The SMILES string of the molecule is COc1cccc(F)c1C(C)(CO)Nc1ccccc1Br. The third-order valence-electron chi connectivity index (χ3n) is 3.35. The van der Waals surface area contributed by atoms with Gasteiger partial charge in [0, 0.05) is 10.2 Å². The van der Waals surface area contributed by atoms with Crippen LogP contribution in [0.1, 0.15) is 12.5 Å². The summed E-state index contributed by atoms with van der Waals surface area (Å²) in [6.07, 6.45) is 0. The lowest BCUT2D eigenvalue weighted by molar-refractivity contribution is 0.216. The van der Waals surface area contributed by atoms with Crippen LogP contribution in [-0.2, 0) is 5.54 Å². The Labute approximate surface area is 131 Å². The molecule has 2 aromatic carbocycles. The van der Waals surface area contributed by atoms with Crippen LogP contribution < -0.4 is 10.1 Å². The molecule has 1 atom stereocenters. The first kappa shape index (κ1) is 15.8. The molecule has 21 heavy (non-hydrogen) atoms. The zero-order valence-electron chi connectivity index (χ0n) is 11.9. The average molecular weight is 354 g/mol. The number of methoxy groups -OCH3 is 1. The van der Waals surface area contributed by atoms with Gasteiger partial charge in [-0.05, 0) is 47.1 Å². The van der Waals surface area contributed by atoms with E-state index in [-0.39, 0.29) is 6.61 Å². The number of hydrogen-bond donors (Lipinski definition) is 2. The smallest absolute Gasteiger partial charge is 0.132 e. The van der Waals surface area contributed by atoms with Gasteiger partial charge in [-0.3, -0.25) is 0 Å². The van der Waals surface area contributed by atoms with Crippen LogP contribution in [0.4, 0.5) is 10.1 Å². The van der Waals surface area contributed by atoms with E-state index in [1.54, 1.807) is 19.1 Å². The molecular formula is C16H17BrFNO2. The molecule has 0 fully saturated rings. The normalized spacial score (nSPS) is 13.6. The van der Waals surface area contributed by atoms with Gasteiger partial charge >= 0.3 is 0 Å². The molecule has 3 nitrogen and oxygen atoms in total. The first-order chi connectivity index (χ1) is 10.0. The summed E-state index contributed by atoms with van der Waals surface area (Å²) in [5.41, 5.74) is 0.0470. The zero-order valence-corrected chi connectivity index (χ0v) is 13.4. The monoisotopic (exact) mass is 353 g/mol. The van der Waals surface area contributed by atoms with E-state index in [2.05, 4.69) is 21.2 Å². The third-order valence-corrected chi connectivity index (χ3v) is 4.04. The second-order valence-electron chi connectivity index (χ2n) is 4.91. The van der Waals surface area contributed by atoms with Gasteiger partial charge in [0.25, 0.3) is 0 Å². The van der Waals surface area contributed by atoms with Crippen molar-refractivity contribution in [2.24, 2.45) is 0 Å². The second-order valence-corrected chi connectivity index (χ2v) is 5.77. The first-order valence-corrected chi connectivity index (χ1v) is 7.27. The van der Waals surface area contributed by atoms with Crippen LogP contribution in [0.15, 0.2) is 46.9 Å². The number of aliphatic hydroxyl groups excluding tert-OH is 1. The van der Waals surface area contributed by atoms with Crippen molar-refractivity contribution in [3.63, 3.8) is 0 Å². The Hall–Kier alpha value is -1.59. The maximum absolute atomic E-state index is 14.3. The molecule has 0 aliphatic heterocycles. The van der Waals surface area contributed by atoms with Gasteiger partial charge in [-0.15, -0.1) is 0 Å². The van der Waals surface area contributed by atoms with E-state index in [0.717, 1.165) is 10.2 Å². The van der Waals surface area contributed by atoms with Crippen molar-refractivity contribution in [3.8, 4) is 5.75 Å². The van der Waals surface area contributed by atoms with Gasteiger partial charge in [-0.1, -0.05) is 18.2 Å². The molecular weight excluding hydrogens is 337 g/mol. The molecule has 0 saturated heterocycles. The molecule has 0 aliphatic rings. The summed E-state index contributed by atoms with van der Waals surface area (Å²) in [4.78, 5) is 0. The van der Waals surface area contributed by atoms with E-state index in [1.165, 1.54) is 13.2 Å². The molecule has 0 radical (unpaired) electrons. The van der Waals surface area contributed by atoms with Crippen molar-refractivity contribution in [1.29, 1.82) is 0 Å². The molecule has 112 valence electrons. The van der Waals surface area contributed by atoms with Crippen molar-refractivity contribution < 1.29 is 14.2 Å². The second kappa shape index (κ2) is 6.45. The van der Waals surface area contributed by atoms with Crippen LogP contribution in [0.3, 0.4) is 0 Å². The van der Waals surface area contributed by atoms with Crippen LogP contribution in [-0.4, -0.2) is 18.8 Å². The molecule has 5 heteroatoms. The van der Waals surface area contributed by atoms with Gasteiger partial charge in [-0.25, -0.2) is 4.39 Å². The Morgan fingerprint density at radius 2 is 1.95 bits per heavy atom. The predicted molar refractivity (Wildman–Crippen MR) is 85.2 cm³/mol. The Balaban J connectivity index is 2.49. The lowest BCUT2D eigenvalue weighted by Crippen LogP contribution is -2.37. The largest absolute Gasteiger partial charge is 0.496 e. The molecule has 0 aliphatic carbocycles. The van der Waals surface area contributed by atoms with Crippen LogP contribution in [0.25, 0.3) is 0 Å². The standard InChI is InChI=1S/C16H17BrFNO2/c1-16(10-20,19-13-8-4-3-6-11(13)17)15-12(18)7-5-9-14(15)21-2/h3-9,19-20H,10H2,1-2H3. The van der Waals surface area contributed by atoms with Crippen molar-refractivity contribution >= 4 is 21.6 Å². The fourth-order valence-electron chi connectivity index (χ4n) is 2.25. The number of hydrogen-bond acceptors (Lipinski definition) is 3. The van der Waals surface area contributed by atoms with Crippen LogP contribution in [0, 0.1) is 5.82 Å². The summed E-state index contributed by atoms with van der Waals surface area (Å²) < 4.78 is 20.4. The van der Waals surface area contributed by atoms with Gasteiger partial charge in [-0.2, -0.15) is 0 Å². The summed E-state index contributed by atoms with van der Waals surface area (Å²) in [5, 5.41) is 13.0. The van der Waals surface area contributed by atoms with Crippen molar-refractivity contribution in [2.75, 3.05) is 19.0 Å². The van der Waals surface area contributed by atoms with Crippen LogP contribution >= 0.6 is 15.9 Å². The van der Waals surface area contributed by atoms with E-state index in [1.807, 2.05) is 24.3 Å². The molecule has 0 aromatic heterocycles. The lowest BCUT2D eigenvalue weighted by Gasteiger charge is -2.32. The molecule has 0 bridgehead atoms. The summed E-state index contributed by atoms with van der Waals surface area (Å²) >= 11 is 3.44. The topological polar surface area (TPSA) is 41.5 Å². The molecule has 2 rings (SSSR count). The Morgan fingerprint density at radius 3 is 2.57 bits per heavy atom.